The fourth-order valence-electron chi connectivity index (χ4n) is 2.44. The van der Waals surface area contributed by atoms with E-state index >= 15 is 0 Å². The van der Waals surface area contributed by atoms with Gasteiger partial charge in [-0.05, 0) is 35.9 Å². The number of fused-ring (bicyclic) bond motifs is 1. The summed E-state index contributed by atoms with van der Waals surface area (Å²) in [7, 11) is 0. The molecule has 108 valence electrons. The standard InChI is InChI=1S/C16H14ClNO3/c17-13-6-10-4-5-21-15(10)12(7-13)9-18-14-3-1-2-11(8-14)16(19)20/h1-3,6-8,18H,4-5,9H2,(H,19,20). The Balaban J connectivity index is 1.79. The number of anilines is 1. The van der Waals surface area contributed by atoms with Gasteiger partial charge in [-0.1, -0.05) is 17.7 Å². The molecule has 2 aromatic carbocycles. The molecule has 0 aromatic heterocycles. The summed E-state index contributed by atoms with van der Waals surface area (Å²) in [5, 5.41) is 12.9. The minimum atomic E-state index is -0.939. The number of hydrogen-bond donors (Lipinski definition) is 2. The maximum atomic E-state index is 11.0. The SMILES string of the molecule is O=C(O)c1cccc(NCc2cc(Cl)cc3c2OCC3)c1. The Labute approximate surface area is 127 Å². The summed E-state index contributed by atoms with van der Waals surface area (Å²) in [5.41, 5.74) is 3.11. The molecule has 21 heavy (non-hydrogen) atoms. The van der Waals surface area contributed by atoms with Crippen LogP contribution in [0.1, 0.15) is 21.5 Å². The van der Waals surface area contributed by atoms with Crippen molar-refractivity contribution in [1.82, 2.24) is 0 Å². The lowest BCUT2D eigenvalue weighted by atomic mass is 10.1. The fourth-order valence-corrected chi connectivity index (χ4v) is 2.70. The molecule has 1 aliphatic heterocycles. The van der Waals surface area contributed by atoms with Crippen LogP contribution in [0.25, 0.3) is 0 Å². The molecule has 0 bridgehead atoms. The molecule has 1 aliphatic rings. The molecule has 0 unspecified atom stereocenters. The molecule has 3 rings (SSSR count). The van der Waals surface area contributed by atoms with Gasteiger partial charge in [0, 0.05) is 29.2 Å². The van der Waals surface area contributed by atoms with Crippen LogP contribution in [0.2, 0.25) is 5.02 Å². The highest BCUT2D eigenvalue weighted by Crippen LogP contribution is 2.33. The van der Waals surface area contributed by atoms with Crippen molar-refractivity contribution in [2.45, 2.75) is 13.0 Å². The van der Waals surface area contributed by atoms with Crippen LogP contribution in [-0.2, 0) is 13.0 Å². The first-order chi connectivity index (χ1) is 10.1. The van der Waals surface area contributed by atoms with Gasteiger partial charge in [0.1, 0.15) is 5.75 Å². The van der Waals surface area contributed by atoms with Gasteiger partial charge in [0.2, 0.25) is 0 Å². The van der Waals surface area contributed by atoms with Crippen molar-refractivity contribution in [3.05, 3.63) is 58.1 Å². The second-order valence-corrected chi connectivity index (χ2v) is 5.33. The Bertz CT molecular complexity index is 700. The first-order valence-electron chi connectivity index (χ1n) is 6.65. The Morgan fingerprint density at radius 3 is 3.00 bits per heavy atom. The van der Waals surface area contributed by atoms with Crippen LogP contribution in [0, 0.1) is 0 Å². The van der Waals surface area contributed by atoms with Crippen LogP contribution in [-0.4, -0.2) is 17.7 Å². The number of ether oxygens (including phenoxy) is 1. The van der Waals surface area contributed by atoms with Gasteiger partial charge < -0.3 is 15.2 Å². The second kappa shape index (κ2) is 5.66. The van der Waals surface area contributed by atoms with Gasteiger partial charge in [-0.15, -0.1) is 0 Å². The summed E-state index contributed by atoms with van der Waals surface area (Å²) in [6, 6.07) is 10.5. The third-order valence-electron chi connectivity index (χ3n) is 3.42. The summed E-state index contributed by atoms with van der Waals surface area (Å²) in [5.74, 6) is -0.0491. The lowest BCUT2D eigenvalue weighted by Crippen LogP contribution is -2.03. The topological polar surface area (TPSA) is 58.6 Å². The van der Waals surface area contributed by atoms with Gasteiger partial charge in [-0.25, -0.2) is 4.79 Å². The molecule has 0 saturated carbocycles. The maximum absolute atomic E-state index is 11.0. The monoisotopic (exact) mass is 303 g/mol. The van der Waals surface area contributed by atoms with Gasteiger partial charge in [-0.3, -0.25) is 0 Å². The fraction of sp³-hybridized carbons (Fsp3) is 0.188. The molecule has 1 heterocycles. The highest BCUT2D eigenvalue weighted by molar-refractivity contribution is 6.30. The van der Waals surface area contributed by atoms with Crippen molar-refractivity contribution < 1.29 is 14.6 Å². The van der Waals surface area contributed by atoms with Gasteiger partial charge in [0.25, 0.3) is 0 Å². The molecule has 0 amide bonds. The smallest absolute Gasteiger partial charge is 0.335 e. The lowest BCUT2D eigenvalue weighted by molar-refractivity contribution is 0.0697. The minimum Gasteiger partial charge on any atom is -0.493 e. The molecule has 0 atom stereocenters. The predicted octanol–water partition coefficient (Wildman–Crippen LogP) is 3.59. The van der Waals surface area contributed by atoms with Crippen LogP contribution < -0.4 is 10.1 Å². The Morgan fingerprint density at radius 2 is 2.19 bits per heavy atom. The number of carboxylic acid groups (broad SMARTS) is 1. The summed E-state index contributed by atoms with van der Waals surface area (Å²) < 4.78 is 5.64. The van der Waals surface area contributed by atoms with Crippen LogP contribution in [0.4, 0.5) is 5.69 Å². The lowest BCUT2D eigenvalue weighted by Gasteiger charge is -2.11. The molecule has 0 fully saturated rings. The van der Waals surface area contributed by atoms with E-state index in [1.165, 1.54) is 0 Å². The zero-order valence-corrected chi connectivity index (χ0v) is 12.0. The summed E-state index contributed by atoms with van der Waals surface area (Å²) in [6.45, 7) is 1.21. The van der Waals surface area contributed by atoms with Gasteiger partial charge in [-0.2, -0.15) is 0 Å². The first-order valence-corrected chi connectivity index (χ1v) is 7.02. The second-order valence-electron chi connectivity index (χ2n) is 4.89. The largest absolute Gasteiger partial charge is 0.493 e. The summed E-state index contributed by atoms with van der Waals surface area (Å²) >= 11 is 6.12. The Kier molecular flexibility index (Phi) is 3.71. The molecule has 4 nitrogen and oxygen atoms in total. The van der Waals surface area contributed by atoms with Crippen LogP contribution >= 0.6 is 11.6 Å². The van der Waals surface area contributed by atoms with E-state index in [-0.39, 0.29) is 5.56 Å². The quantitative estimate of drug-likeness (QED) is 0.906. The van der Waals surface area contributed by atoms with E-state index in [4.69, 9.17) is 21.4 Å². The molecular formula is C16H14ClNO3. The third kappa shape index (κ3) is 2.95. The zero-order chi connectivity index (χ0) is 14.8. The molecule has 0 aliphatic carbocycles. The van der Waals surface area contributed by atoms with Gasteiger partial charge in [0.15, 0.2) is 0 Å². The van der Waals surface area contributed by atoms with E-state index in [0.29, 0.717) is 18.2 Å². The number of carboxylic acids is 1. The number of halogens is 1. The molecule has 2 N–H and O–H groups in total. The van der Waals surface area contributed by atoms with Crippen LogP contribution in [0.15, 0.2) is 36.4 Å². The van der Waals surface area contributed by atoms with E-state index in [9.17, 15) is 4.79 Å². The highest BCUT2D eigenvalue weighted by Gasteiger charge is 2.17. The first kappa shape index (κ1) is 13.8. The van der Waals surface area contributed by atoms with Gasteiger partial charge in [0.05, 0.1) is 12.2 Å². The average Bonchev–Trinajstić information content (AvgIpc) is 2.93. The average molecular weight is 304 g/mol. The summed E-state index contributed by atoms with van der Waals surface area (Å²) in [4.78, 5) is 11.0. The van der Waals surface area contributed by atoms with Crippen molar-refractivity contribution in [2.24, 2.45) is 0 Å². The zero-order valence-electron chi connectivity index (χ0n) is 11.2. The van der Waals surface area contributed by atoms with Crippen molar-refractivity contribution in [1.29, 1.82) is 0 Å². The van der Waals surface area contributed by atoms with Crippen molar-refractivity contribution in [3.63, 3.8) is 0 Å². The van der Waals surface area contributed by atoms with E-state index in [1.54, 1.807) is 18.2 Å². The molecule has 0 spiro atoms. The maximum Gasteiger partial charge on any atom is 0.335 e. The molecule has 0 saturated heterocycles. The van der Waals surface area contributed by atoms with Crippen molar-refractivity contribution in [2.75, 3.05) is 11.9 Å². The summed E-state index contributed by atoms with van der Waals surface area (Å²) in [6.07, 6.45) is 0.872. The number of nitrogens with one attached hydrogen (secondary N) is 1. The Morgan fingerprint density at radius 1 is 1.33 bits per heavy atom. The Hall–Kier alpha value is -2.20. The molecule has 0 radical (unpaired) electrons. The minimum absolute atomic E-state index is 0.257. The van der Waals surface area contributed by atoms with Crippen molar-refractivity contribution >= 4 is 23.3 Å². The van der Waals surface area contributed by atoms with Crippen molar-refractivity contribution in [3.8, 4) is 5.75 Å². The number of benzene rings is 2. The normalized spacial score (nSPS) is 12.6. The van der Waals surface area contributed by atoms with Gasteiger partial charge >= 0.3 is 5.97 Å². The molecule has 5 heteroatoms. The highest BCUT2D eigenvalue weighted by atomic mass is 35.5. The van der Waals surface area contributed by atoms with E-state index in [0.717, 1.165) is 29.0 Å². The number of rotatable bonds is 4. The van der Waals surface area contributed by atoms with E-state index < -0.39 is 5.97 Å². The molecular weight excluding hydrogens is 290 g/mol. The van der Waals surface area contributed by atoms with Crippen LogP contribution in [0.3, 0.4) is 0 Å². The molecule has 2 aromatic rings. The third-order valence-corrected chi connectivity index (χ3v) is 3.64. The van der Waals surface area contributed by atoms with Crippen LogP contribution in [0.5, 0.6) is 5.75 Å². The number of hydrogen-bond acceptors (Lipinski definition) is 3. The van der Waals surface area contributed by atoms with E-state index in [1.807, 2.05) is 18.2 Å². The predicted molar refractivity (Wildman–Crippen MR) is 81.4 cm³/mol. The number of aromatic carboxylic acids is 1. The van der Waals surface area contributed by atoms with E-state index in [2.05, 4.69) is 5.32 Å². The number of carbonyl (C=O) groups is 1.